The lowest BCUT2D eigenvalue weighted by Gasteiger charge is -1.96. The SMILES string of the molecule is Cc1cc(=O)c(-c2nc3ccccc3[nH]2)c[nH]1. The van der Waals surface area contributed by atoms with Crippen molar-refractivity contribution in [1.82, 2.24) is 15.0 Å². The zero-order valence-electron chi connectivity index (χ0n) is 9.32. The van der Waals surface area contributed by atoms with Crippen LogP contribution in [0.1, 0.15) is 5.69 Å². The van der Waals surface area contributed by atoms with Crippen molar-refractivity contribution in [2.75, 3.05) is 0 Å². The molecule has 3 aromatic rings. The molecule has 0 radical (unpaired) electrons. The first-order valence-corrected chi connectivity index (χ1v) is 5.38. The normalized spacial score (nSPS) is 10.9. The van der Waals surface area contributed by atoms with Crippen LogP contribution in [0.2, 0.25) is 0 Å². The minimum Gasteiger partial charge on any atom is -0.364 e. The molecule has 0 amide bonds. The molecule has 1 aromatic carbocycles. The highest BCUT2D eigenvalue weighted by Gasteiger charge is 2.08. The van der Waals surface area contributed by atoms with Crippen molar-refractivity contribution in [1.29, 1.82) is 0 Å². The average Bonchev–Trinajstić information content (AvgIpc) is 2.72. The molecule has 2 N–H and O–H groups in total. The first-order valence-electron chi connectivity index (χ1n) is 5.38. The Morgan fingerprint density at radius 2 is 2.06 bits per heavy atom. The highest BCUT2D eigenvalue weighted by Crippen LogP contribution is 2.16. The van der Waals surface area contributed by atoms with Crippen LogP contribution in [0, 0.1) is 6.92 Å². The predicted molar refractivity (Wildman–Crippen MR) is 66.9 cm³/mol. The highest BCUT2D eigenvalue weighted by molar-refractivity contribution is 5.78. The summed E-state index contributed by atoms with van der Waals surface area (Å²) in [4.78, 5) is 22.4. The average molecular weight is 225 g/mol. The van der Waals surface area contributed by atoms with E-state index in [0.29, 0.717) is 11.4 Å². The maximum atomic E-state index is 11.8. The summed E-state index contributed by atoms with van der Waals surface area (Å²) in [7, 11) is 0. The van der Waals surface area contributed by atoms with E-state index in [-0.39, 0.29) is 5.43 Å². The minimum atomic E-state index is -0.0275. The van der Waals surface area contributed by atoms with Crippen molar-refractivity contribution < 1.29 is 0 Å². The first kappa shape index (κ1) is 9.84. The Morgan fingerprint density at radius 3 is 2.82 bits per heavy atom. The monoisotopic (exact) mass is 225 g/mol. The number of nitrogens with one attached hydrogen (secondary N) is 2. The smallest absolute Gasteiger partial charge is 0.192 e. The van der Waals surface area contributed by atoms with Gasteiger partial charge in [0.05, 0.1) is 16.6 Å². The van der Waals surface area contributed by atoms with Crippen molar-refractivity contribution in [2.45, 2.75) is 6.92 Å². The number of aromatic nitrogens is 3. The Balaban J connectivity index is 2.24. The Hall–Kier alpha value is -2.36. The lowest BCUT2D eigenvalue weighted by Crippen LogP contribution is -2.05. The Labute approximate surface area is 97.3 Å². The van der Waals surface area contributed by atoms with E-state index in [0.717, 1.165) is 16.7 Å². The molecular formula is C13H11N3O. The maximum absolute atomic E-state index is 11.8. The number of hydrogen-bond donors (Lipinski definition) is 2. The van der Waals surface area contributed by atoms with Crippen LogP contribution in [0.15, 0.2) is 41.3 Å². The first-order chi connectivity index (χ1) is 8.24. The van der Waals surface area contributed by atoms with Gasteiger partial charge in [-0.3, -0.25) is 4.79 Å². The summed E-state index contributed by atoms with van der Waals surface area (Å²) in [6.45, 7) is 1.85. The summed E-state index contributed by atoms with van der Waals surface area (Å²) >= 11 is 0. The Morgan fingerprint density at radius 1 is 1.24 bits per heavy atom. The molecule has 0 saturated heterocycles. The van der Waals surface area contributed by atoms with Gasteiger partial charge in [-0.1, -0.05) is 12.1 Å². The van der Waals surface area contributed by atoms with Gasteiger partial charge in [0.1, 0.15) is 5.82 Å². The molecule has 3 rings (SSSR count). The number of aryl methyl sites for hydroxylation is 1. The summed E-state index contributed by atoms with van der Waals surface area (Å²) < 4.78 is 0. The molecule has 2 heterocycles. The van der Waals surface area contributed by atoms with E-state index in [4.69, 9.17) is 0 Å². The quantitative estimate of drug-likeness (QED) is 0.667. The van der Waals surface area contributed by atoms with E-state index < -0.39 is 0 Å². The Bertz CT molecular complexity index is 707. The topological polar surface area (TPSA) is 61.5 Å². The standard InChI is InChI=1S/C13H11N3O/c1-8-6-12(17)9(7-14-8)13-15-10-4-2-3-5-11(10)16-13/h2-7H,1H3,(H,14,17)(H,15,16). The molecule has 17 heavy (non-hydrogen) atoms. The number of hydrogen-bond acceptors (Lipinski definition) is 2. The predicted octanol–water partition coefficient (Wildman–Crippen LogP) is 2.23. The fourth-order valence-electron chi connectivity index (χ4n) is 1.84. The molecule has 2 aromatic heterocycles. The second kappa shape index (κ2) is 3.59. The number of nitrogens with zero attached hydrogens (tertiary/aromatic N) is 1. The molecule has 0 saturated carbocycles. The molecule has 0 unspecified atom stereocenters. The van der Waals surface area contributed by atoms with Gasteiger partial charge in [-0.2, -0.15) is 0 Å². The molecule has 0 aliphatic heterocycles. The van der Waals surface area contributed by atoms with Crippen LogP contribution >= 0.6 is 0 Å². The van der Waals surface area contributed by atoms with Gasteiger partial charge in [0.15, 0.2) is 5.43 Å². The summed E-state index contributed by atoms with van der Waals surface area (Å²) in [5.74, 6) is 0.604. The largest absolute Gasteiger partial charge is 0.364 e. The summed E-state index contributed by atoms with van der Waals surface area (Å²) in [6.07, 6.45) is 1.69. The van der Waals surface area contributed by atoms with Gasteiger partial charge in [0.2, 0.25) is 0 Å². The maximum Gasteiger partial charge on any atom is 0.192 e. The second-order valence-electron chi connectivity index (χ2n) is 4.00. The van der Waals surface area contributed by atoms with Gasteiger partial charge in [-0.05, 0) is 19.1 Å². The lowest BCUT2D eigenvalue weighted by molar-refractivity contribution is 1.17. The van der Waals surface area contributed by atoms with Gasteiger partial charge in [0, 0.05) is 18.0 Å². The van der Waals surface area contributed by atoms with Crippen LogP contribution in [0.4, 0.5) is 0 Å². The molecule has 0 spiro atoms. The van der Waals surface area contributed by atoms with Gasteiger partial charge in [-0.15, -0.1) is 0 Å². The molecule has 0 aliphatic rings. The van der Waals surface area contributed by atoms with E-state index in [1.54, 1.807) is 12.3 Å². The van der Waals surface area contributed by atoms with Crippen molar-refractivity contribution in [3.05, 3.63) is 52.4 Å². The van der Waals surface area contributed by atoms with Crippen LogP contribution in [0.5, 0.6) is 0 Å². The molecular weight excluding hydrogens is 214 g/mol. The van der Waals surface area contributed by atoms with Gasteiger partial charge >= 0.3 is 0 Å². The van der Waals surface area contributed by atoms with E-state index >= 15 is 0 Å². The molecule has 0 aliphatic carbocycles. The minimum absolute atomic E-state index is 0.0275. The van der Waals surface area contributed by atoms with Crippen LogP contribution < -0.4 is 5.43 Å². The summed E-state index contributed by atoms with van der Waals surface area (Å²) in [5, 5.41) is 0. The van der Waals surface area contributed by atoms with Gasteiger partial charge < -0.3 is 9.97 Å². The Kier molecular flexibility index (Phi) is 2.08. The number of pyridine rings is 1. The number of imidazole rings is 1. The van der Waals surface area contributed by atoms with E-state index in [1.165, 1.54) is 0 Å². The van der Waals surface area contributed by atoms with E-state index in [2.05, 4.69) is 15.0 Å². The van der Waals surface area contributed by atoms with Gasteiger partial charge in [0.25, 0.3) is 0 Å². The molecule has 84 valence electrons. The third-order valence-electron chi connectivity index (χ3n) is 2.70. The zero-order chi connectivity index (χ0) is 11.8. The van der Waals surface area contributed by atoms with Gasteiger partial charge in [-0.25, -0.2) is 4.98 Å². The third-order valence-corrected chi connectivity index (χ3v) is 2.70. The number of H-pyrrole nitrogens is 2. The van der Waals surface area contributed by atoms with Crippen LogP contribution in [0.25, 0.3) is 22.4 Å². The third kappa shape index (κ3) is 1.63. The van der Waals surface area contributed by atoms with Crippen molar-refractivity contribution in [3.8, 4) is 11.4 Å². The summed E-state index contributed by atoms with van der Waals surface area (Å²) in [6, 6.07) is 9.28. The van der Waals surface area contributed by atoms with Crippen LogP contribution in [-0.2, 0) is 0 Å². The fraction of sp³-hybridized carbons (Fsp3) is 0.0769. The lowest BCUT2D eigenvalue weighted by atomic mass is 10.2. The molecule has 0 bridgehead atoms. The van der Waals surface area contributed by atoms with Crippen LogP contribution in [-0.4, -0.2) is 15.0 Å². The number of aromatic amines is 2. The van der Waals surface area contributed by atoms with Crippen molar-refractivity contribution >= 4 is 11.0 Å². The van der Waals surface area contributed by atoms with Crippen LogP contribution in [0.3, 0.4) is 0 Å². The second-order valence-corrected chi connectivity index (χ2v) is 4.00. The fourth-order valence-corrected chi connectivity index (χ4v) is 1.84. The summed E-state index contributed by atoms with van der Waals surface area (Å²) in [5.41, 5.74) is 3.17. The van der Waals surface area contributed by atoms with Crippen molar-refractivity contribution in [3.63, 3.8) is 0 Å². The van der Waals surface area contributed by atoms with E-state index in [1.807, 2.05) is 31.2 Å². The number of rotatable bonds is 1. The molecule has 0 fully saturated rings. The molecule has 4 nitrogen and oxygen atoms in total. The number of fused-ring (bicyclic) bond motifs is 1. The number of para-hydroxylation sites is 2. The number of benzene rings is 1. The highest BCUT2D eigenvalue weighted by atomic mass is 16.1. The molecule has 0 atom stereocenters. The zero-order valence-corrected chi connectivity index (χ0v) is 9.32. The molecule has 4 heteroatoms. The van der Waals surface area contributed by atoms with E-state index in [9.17, 15) is 4.79 Å². The van der Waals surface area contributed by atoms with Crippen molar-refractivity contribution in [2.24, 2.45) is 0 Å².